The van der Waals surface area contributed by atoms with Crippen LogP contribution in [-0.4, -0.2) is 5.97 Å². The minimum Gasteiger partial charge on any atom is -0.427 e. The van der Waals surface area contributed by atoms with Gasteiger partial charge in [-0.25, -0.2) is 0 Å². The van der Waals surface area contributed by atoms with Crippen molar-refractivity contribution in [2.75, 3.05) is 0 Å². The van der Waals surface area contributed by atoms with Crippen LogP contribution in [0, 0.1) is 11.8 Å². The van der Waals surface area contributed by atoms with Crippen molar-refractivity contribution in [1.29, 1.82) is 0 Å². The molecule has 0 aliphatic rings. The Labute approximate surface area is 90.3 Å². The second-order valence-electron chi connectivity index (χ2n) is 3.17. The van der Waals surface area contributed by atoms with Crippen LogP contribution in [0.1, 0.15) is 32.3 Å². The molecule has 0 spiro atoms. The summed E-state index contributed by atoms with van der Waals surface area (Å²) in [5.74, 6) is 6.29. The van der Waals surface area contributed by atoms with Gasteiger partial charge in [-0.15, -0.1) is 0 Å². The molecule has 0 N–H and O–H groups in total. The topological polar surface area (TPSA) is 26.3 Å². The first-order chi connectivity index (χ1) is 7.22. The average molecular weight is 202 g/mol. The van der Waals surface area contributed by atoms with Gasteiger partial charge < -0.3 is 4.74 Å². The van der Waals surface area contributed by atoms with E-state index in [1.807, 2.05) is 12.1 Å². The number of hydrogen-bond acceptors (Lipinski definition) is 2. The second kappa shape index (κ2) is 5.87. The van der Waals surface area contributed by atoms with Crippen molar-refractivity contribution in [2.24, 2.45) is 0 Å². The summed E-state index contributed by atoms with van der Waals surface area (Å²) in [6.07, 6.45) is 1.94. The molecular weight excluding hydrogens is 188 g/mol. The van der Waals surface area contributed by atoms with Crippen molar-refractivity contribution in [1.82, 2.24) is 0 Å². The molecule has 0 unspecified atom stereocenters. The smallest absolute Gasteiger partial charge is 0.308 e. The number of benzene rings is 1. The zero-order valence-corrected chi connectivity index (χ0v) is 9.04. The van der Waals surface area contributed by atoms with Crippen LogP contribution in [-0.2, 0) is 4.79 Å². The van der Waals surface area contributed by atoms with Gasteiger partial charge >= 0.3 is 5.97 Å². The normalized spacial score (nSPS) is 8.93. The summed E-state index contributed by atoms with van der Waals surface area (Å²) in [6.45, 7) is 3.47. The number of unbranched alkanes of at least 4 members (excludes halogenated alkanes) is 1. The third-order valence-electron chi connectivity index (χ3n) is 1.70. The molecule has 0 saturated carbocycles. The molecule has 0 radical (unpaired) electrons. The third-order valence-corrected chi connectivity index (χ3v) is 1.70. The van der Waals surface area contributed by atoms with E-state index >= 15 is 0 Å². The van der Waals surface area contributed by atoms with Gasteiger partial charge in [-0.1, -0.05) is 24.8 Å². The maximum Gasteiger partial charge on any atom is 0.308 e. The average Bonchev–Trinajstić information content (AvgIpc) is 2.18. The Morgan fingerprint density at radius 3 is 2.93 bits per heavy atom. The molecule has 0 aliphatic carbocycles. The van der Waals surface area contributed by atoms with Gasteiger partial charge in [0.1, 0.15) is 5.75 Å². The first-order valence-corrected chi connectivity index (χ1v) is 4.99. The highest BCUT2D eigenvalue weighted by Crippen LogP contribution is 2.12. The van der Waals surface area contributed by atoms with Crippen LogP contribution in [0.4, 0.5) is 0 Å². The van der Waals surface area contributed by atoms with E-state index in [4.69, 9.17) is 4.74 Å². The Morgan fingerprint density at radius 1 is 1.47 bits per heavy atom. The predicted octanol–water partition coefficient (Wildman–Crippen LogP) is 2.76. The van der Waals surface area contributed by atoms with Crippen LogP contribution in [0.25, 0.3) is 0 Å². The van der Waals surface area contributed by atoms with Crippen LogP contribution < -0.4 is 4.74 Å². The van der Waals surface area contributed by atoms with Crippen molar-refractivity contribution in [3.8, 4) is 17.6 Å². The predicted molar refractivity (Wildman–Crippen MR) is 59.5 cm³/mol. The van der Waals surface area contributed by atoms with Gasteiger partial charge in [0.25, 0.3) is 0 Å². The number of esters is 1. The van der Waals surface area contributed by atoms with Gasteiger partial charge in [-0.3, -0.25) is 4.79 Å². The maximum absolute atomic E-state index is 10.7. The van der Waals surface area contributed by atoms with E-state index in [1.54, 1.807) is 12.1 Å². The lowest BCUT2D eigenvalue weighted by molar-refractivity contribution is -0.131. The monoisotopic (exact) mass is 202 g/mol. The van der Waals surface area contributed by atoms with Gasteiger partial charge in [-0.05, 0) is 24.6 Å². The summed E-state index contributed by atoms with van der Waals surface area (Å²) in [6, 6.07) is 7.24. The molecule has 0 atom stereocenters. The summed E-state index contributed by atoms with van der Waals surface area (Å²) < 4.78 is 4.95. The summed E-state index contributed by atoms with van der Waals surface area (Å²) >= 11 is 0. The van der Waals surface area contributed by atoms with Crippen LogP contribution in [0.5, 0.6) is 5.75 Å². The van der Waals surface area contributed by atoms with Crippen LogP contribution in [0.15, 0.2) is 24.3 Å². The van der Waals surface area contributed by atoms with E-state index in [2.05, 4.69) is 18.8 Å². The standard InChI is InChI=1S/C13H14O2/c1-3-4-5-7-12-8-6-9-13(10-12)15-11(2)14/h6,8-10H,3-4H2,1-2H3. The fourth-order valence-electron chi connectivity index (χ4n) is 1.09. The first kappa shape index (κ1) is 11.3. The summed E-state index contributed by atoms with van der Waals surface area (Å²) in [5, 5.41) is 0. The first-order valence-electron chi connectivity index (χ1n) is 4.99. The van der Waals surface area contributed by atoms with Crippen LogP contribution >= 0.6 is 0 Å². The molecule has 15 heavy (non-hydrogen) atoms. The Hall–Kier alpha value is -1.75. The summed E-state index contributed by atoms with van der Waals surface area (Å²) in [4.78, 5) is 10.7. The van der Waals surface area contributed by atoms with E-state index in [0.29, 0.717) is 5.75 Å². The SMILES string of the molecule is CCCC#Cc1cccc(OC(C)=O)c1. The number of carbonyl (C=O) groups excluding carboxylic acids is 1. The molecule has 0 aliphatic heterocycles. The minimum atomic E-state index is -0.311. The molecule has 1 rings (SSSR count). The third kappa shape index (κ3) is 4.33. The van der Waals surface area contributed by atoms with E-state index < -0.39 is 0 Å². The summed E-state index contributed by atoms with van der Waals surface area (Å²) in [7, 11) is 0. The van der Waals surface area contributed by atoms with Crippen molar-refractivity contribution in [2.45, 2.75) is 26.7 Å². The molecular formula is C13H14O2. The van der Waals surface area contributed by atoms with Crippen molar-refractivity contribution in [3.05, 3.63) is 29.8 Å². The molecule has 0 bridgehead atoms. The number of rotatable bonds is 2. The molecule has 0 fully saturated rings. The Morgan fingerprint density at radius 2 is 2.27 bits per heavy atom. The Balaban J connectivity index is 2.75. The van der Waals surface area contributed by atoms with Gasteiger partial charge in [0.15, 0.2) is 0 Å². The van der Waals surface area contributed by atoms with Crippen molar-refractivity contribution in [3.63, 3.8) is 0 Å². The molecule has 1 aromatic rings. The fraction of sp³-hybridized carbons (Fsp3) is 0.308. The highest BCUT2D eigenvalue weighted by Gasteiger charge is 1.97. The summed E-state index contributed by atoms with van der Waals surface area (Å²) in [5.41, 5.74) is 0.877. The molecule has 2 nitrogen and oxygen atoms in total. The number of carbonyl (C=O) groups is 1. The molecule has 0 heterocycles. The molecule has 1 aromatic carbocycles. The van der Waals surface area contributed by atoms with Gasteiger partial charge in [-0.2, -0.15) is 0 Å². The van der Waals surface area contributed by atoms with E-state index in [0.717, 1.165) is 18.4 Å². The van der Waals surface area contributed by atoms with Gasteiger partial charge in [0.2, 0.25) is 0 Å². The highest BCUT2D eigenvalue weighted by atomic mass is 16.5. The Kier molecular flexibility index (Phi) is 4.43. The van der Waals surface area contributed by atoms with Gasteiger partial charge in [0.05, 0.1) is 0 Å². The van der Waals surface area contributed by atoms with E-state index in [-0.39, 0.29) is 5.97 Å². The van der Waals surface area contributed by atoms with Gasteiger partial charge in [0, 0.05) is 18.9 Å². The second-order valence-corrected chi connectivity index (χ2v) is 3.17. The number of ether oxygens (including phenoxy) is 1. The zero-order valence-electron chi connectivity index (χ0n) is 9.04. The minimum absolute atomic E-state index is 0.311. The lowest BCUT2D eigenvalue weighted by atomic mass is 10.2. The zero-order chi connectivity index (χ0) is 11.1. The molecule has 0 aromatic heterocycles. The molecule has 78 valence electrons. The maximum atomic E-state index is 10.7. The van der Waals surface area contributed by atoms with E-state index in [9.17, 15) is 4.79 Å². The van der Waals surface area contributed by atoms with Crippen LogP contribution in [0.2, 0.25) is 0 Å². The number of hydrogen-bond donors (Lipinski definition) is 0. The lowest BCUT2D eigenvalue weighted by Gasteiger charge is -2.00. The van der Waals surface area contributed by atoms with Crippen molar-refractivity contribution >= 4 is 5.97 Å². The molecule has 2 heteroatoms. The largest absolute Gasteiger partial charge is 0.427 e. The quantitative estimate of drug-likeness (QED) is 0.419. The molecule has 0 saturated heterocycles. The lowest BCUT2D eigenvalue weighted by Crippen LogP contribution is -2.01. The van der Waals surface area contributed by atoms with Crippen molar-refractivity contribution < 1.29 is 9.53 Å². The fourth-order valence-corrected chi connectivity index (χ4v) is 1.09. The van der Waals surface area contributed by atoms with E-state index in [1.165, 1.54) is 6.92 Å². The Bertz CT molecular complexity index is 396. The highest BCUT2D eigenvalue weighted by molar-refractivity contribution is 5.69. The molecule has 0 amide bonds. The van der Waals surface area contributed by atoms with Crippen LogP contribution in [0.3, 0.4) is 0 Å².